The van der Waals surface area contributed by atoms with Gasteiger partial charge in [-0.25, -0.2) is 4.79 Å². The number of hydrogen-bond acceptors (Lipinski definition) is 2. The third-order valence-electron chi connectivity index (χ3n) is 2.65. The Balaban J connectivity index is 2.49. The topological polar surface area (TPSA) is 57.6 Å². The number of anilines is 1. The molecule has 0 saturated carbocycles. The molecule has 0 radical (unpaired) electrons. The van der Waals surface area contributed by atoms with E-state index in [-0.39, 0.29) is 5.91 Å². The van der Waals surface area contributed by atoms with Gasteiger partial charge in [0.2, 0.25) is 5.91 Å². The summed E-state index contributed by atoms with van der Waals surface area (Å²) in [5, 5.41) is 9.60. The second kappa shape index (κ2) is 3.79. The number of amides is 1. The van der Waals surface area contributed by atoms with Gasteiger partial charge in [-0.2, -0.15) is 0 Å². The number of nitrogens with zero attached hydrogens (tertiary/aromatic N) is 1. The summed E-state index contributed by atoms with van der Waals surface area (Å²) in [6.07, 6.45) is 0.310. The third kappa shape index (κ3) is 1.65. The maximum atomic E-state index is 11.4. The Morgan fingerprint density at radius 2 is 2.19 bits per heavy atom. The zero-order valence-corrected chi connectivity index (χ0v) is 9.36. The van der Waals surface area contributed by atoms with Crippen LogP contribution in [0.4, 0.5) is 5.69 Å². The van der Waals surface area contributed by atoms with Crippen molar-refractivity contribution in [2.45, 2.75) is 19.4 Å². The maximum Gasteiger partial charge on any atom is 0.327 e. The van der Waals surface area contributed by atoms with Gasteiger partial charge in [0.05, 0.1) is 0 Å². The molecule has 0 aromatic heterocycles. The standard InChI is InChI=1S/C11H10ClNO3/c1-6(14)13-9-3-2-8(12)4-7(9)5-10(13)11(15)16/h2-4,10H,5H2,1H3,(H,15,16)/t10-/m0/s1. The van der Waals surface area contributed by atoms with Gasteiger partial charge in [-0.15, -0.1) is 0 Å². The number of benzene rings is 1. The van der Waals surface area contributed by atoms with E-state index in [2.05, 4.69) is 0 Å². The fourth-order valence-electron chi connectivity index (χ4n) is 2.01. The summed E-state index contributed by atoms with van der Waals surface area (Å²) in [7, 11) is 0. The number of hydrogen-bond donors (Lipinski definition) is 1. The molecule has 0 aliphatic carbocycles. The van der Waals surface area contributed by atoms with Crippen LogP contribution in [-0.2, 0) is 16.0 Å². The molecule has 1 heterocycles. The Kier molecular flexibility index (Phi) is 2.59. The van der Waals surface area contributed by atoms with Crippen LogP contribution in [0.2, 0.25) is 5.02 Å². The molecule has 5 heteroatoms. The second-order valence-electron chi connectivity index (χ2n) is 3.72. The molecule has 1 aliphatic rings. The first-order valence-corrected chi connectivity index (χ1v) is 5.19. The molecule has 0 bridgehead atoms. The average Bonchev–Trinajstić information content (AvgIpc) is 2.55. The van der Waals surface area contributed by atoms with Crippen LogP contribution in [0, 0.1) is 0 Å². The van der Waals surface area contributed by atoms with Crippen LogP contribution in [0.25, 0.3) is 0 Å². The van der Waals surface area contributed by atoms with Crippen molar-refractivity contribution >= 4 is 29.2 Å². The first-order valence-electron chi connectivity index (χ1n) is 4.81. The Labute approximate surface area is 97.4 Å². The number of fused-ring (bicyclic) bond motifs is 1. The SMILES string of the molecule is CC(=O)N1c2ccc(Cl)cc2C[C@H]1C(=O)O. The smallest absolute Gasteiger partial charge is 0.327 e. The summed E-state index contributed by atoms with van der Waals surface area (Å²) in [5.74, 6) is -1.27. The minimum atomic E-state index is -0.998. The summed E-state index contributed by atoms with van der Waals surface area (Å²) in [5.41, 5.74) is 1.44. The molecule has 1 aromatic carbocycles. The average molecular weight is 240 g/mol. The number of halogens is 1. The van der Waals surface area contributed by atoms with Crippen LogP contribution >= 0.6 is 11.6 Å². The van der Waals surface area contributed by atoms with E-state index in [1.807, 2.05) is 0 Å². The number of carboxylic acids is 1. The zero-order chi connectivity index (χ0) is 11.9. The predicted octanol–water partition coefficient (Wildman–Crippen LogP) is 1.70. The lowest BCUT2D eigenvalue weighted by atomic mass is 10.1. The van der Waals surface area contributed by atoms with Crippen LogP contribution in [0.1, 0.15) is 12.5 Å². The third-order valence-corrected chi connectivity index (χ3v) is 2.89. The molecule has 0 unspecified atom stereocenters. The van der Waals surface area contributed by atoms with Gasteiger partial charge in [0.15, 0.2) is 0 Å². The Morgan fingerprint density at radius 3 is 2.75 bits per heavy atom. The van der Waals surface area contributed by atoms with Gasteiger partial charge in [0, 0.05) is 24.1 Å². The van der Waals surface area contributed by atoms with E-state index in [9.17, 15) is 9.59 Å². The first-order chi connectivity index (χ1) is 7.50. The van der Waals surface area contributed by atoms with Crippen molar-refractivity contribution in [2.75, 3.05) is 4.90 Å². The highest BCUT2D eigenvalue weighted by molar-refractivity contribution is 6.30. The molecule has 1 atom stereocenters. The molecule has 84 valence electrons. The molecule has 1 aliphatic heterocycles. The van der Waals surface area contributed by atoms with Crippen molar-refractivity contribution in [2.24, 2.45) is 0 Å². The van der Waals surface area contributed by atoms with Crippen molar-refractivity contribution in [3.8, 4) is 0 Å². The van der Waals surface area contributed by atoms with Gasteiger partial charge in [0.25, 0.3) is 0 Å². The molecule has 1 amide bonds. The second-order valence-corrected chi connectivity index (χ2v) is 4.16. The molecule has 4 nitrogen and oxygen atoms in total. The lowest BCUT2D eigenvalue weighted by Crippen LogP contribution is -2.41. The number of carbonyl (C=O) groups excluding carboxylic acids is 1. The fourth-order valence-corrected chi connectivity index (χ4v) is 2.20. The molecule has 1 aromatic rings. The van der Waals surface area contributed by atoms with E-state index in [4.69, 9.17) is 16.7 Å². The Morgan fingerprint density at radius 1 is 1.50 bits per heavy atom. The van der Waals surface area contributed by atoms with Gasteiger partial charge in [-0.1, -0.05) is 11.6 Å². The summed E-state index contributed by atoms with van der Waals surface area (Å²) < 4.78 is 0. The highest BCUT2D eigenvalue weighted by Crippen LogP contribution is 2.34. The van der Waals surface area contributed by atoms with E-state index < -0.39 is 12.0 Å². The van der Waals surface area contributed by atoms with E-state index in [0.29, 0.717) is 17.1 Å². The van der Waals surface area contributed by atoms with Gasteiger partial charge in [-0.05, 0) is 23.8 Å². The first kappa shape index (κ1) is 11.0. The van der Waals surface area contributed by atoms with Crippen LogP contribution in [-0.4, -0.2) is 23.0 Å². The maximum absolute atomic E-state index is 11.4. The molecule has 0 fully saturated rings. The highest BCUT2D eigenvalue weighted by Gasteiger charge is 2.36. The van der Waals surface area contributed by atoms with Gasteiger partial charge in [0.1, 0.15) is 6.04 Å². The molecule has 0 spiro atoms. The molecular formula is C11H10ClNO3. The summed E-state index contributed by atoms with van der Waals surface area (Å²) >= 11 is 5.83. The van der Waals surface area contributed by atoms with E-state index in [1.165, 1.54) is 11.8 Å². The van der Waals surface area contributed by atoms with Crippen LogP contribution < -0.4 is 4.90 Å². The highest BCUT2D eigenvalue weighted by atomic mass is 35.5. The lowest BCUT2D eigenvalue weighted by Gasteiger charge is -2.20. The van der Waals surface area contributed by atoms with Crippen molar-refractivity contribution < 1.29 is 14.7 Å². The molecular weight excluding hydrogens is 230 g/mol. The Bertz CT molecular complexity index is 472. The van der Waals surface area contributed by atoms with Crippen LogP contribution in [0.5, 0.6) is 0 Å². The minimum Gasteiger partial charge on any atom is -0.480 e. The summed E-state index contributed by atoms with van der Waals surface area (Å²) in [6, 6.07) is 4.23. The monoisotopic (exact) mass is 239 g/mol. The van der Waals surface area contributed by atoms with E-state index >= 15 is 0 Å². The number of rotatable bonds is 1. The van der Waals surface area contributed by atoms with E-state index in [0.717, 1.165) is 5.56 Å². The van der Waals surface area contributed by atoms with Gasteiger partial charge in [-0.3, -0.25) is 9.69 Å². The Hall–Kier alpha value is -1.55. The van der Waals surface area contributed by atoms with Gasteiger partial charge < -0.3 is 5.11 Å². The predicted molar refractivity (Wildman–Crippen MR) is 59.7 cm³/mol. The molecule has 1 N–H and O–H groups in total. The number of carboxylic acid groups (broad SMARTS) is 1. The number of carbonyl (C=O) groups is 2. The van der Waals surface area contributed by atoms with E-state index in [1.54, 1.807) is 18.2 Å². The fraction of sp³-hybridized carbons (Fsp3) is 0.273. The molecule has 0 saturated heterocycles. The van der Waals surface area contributed by atoms with Crippen LogP contribution in [0.15, 0.2) is 18.2 Å². The summed E-state index contributed by atoms with van der Waals surface area (Å²) in [4.78, 5) is 23.8. The normalized spacial score (nSPS) is 18.4. The minimum absolute atomic E-state index is 0.270. The largest absolute Gasteiger partial charge is 0.480 e. The zero-order valence-electron chi connectivity index (χ0n) is 8.61. The number of aliphatic carboxylic acids is 1. The molecule has 2 rings (SSSR count). The van der Waals surface area contributed by atoms with Crippen molar-refractivity contribution in [3.63, 3.8) is 0 Å². The van der Waals surface area contributed by atoms with Crippen molar-refractivity contribution in [1.29, 1.82) is 0 Å². The molecule has 16 heavy (non-hydrogen) atoms. The van der Waals surface area contributed by atoms with Crippen LogP contribution in [0.3, 0.4) is 0 Å². The van der Waals surface area contributed by atoms with Gasteiger partial charge >= 0.3 is 5.97 Å². The quantitative estimate of drug-likeness (QED) is 0.812. The van der Waals surface area contributed by atoms with Crippen molar-refractivity contribution in [1.82, 2.24) is 0 Å². The van der Waals surface area contributed by atoms with Crippen molar-refractivity contribution in [3.05, 3.63) is 28.8 Å². The summed E-state index contributed by atoms with van der Waals surface area (Å²) in [6.45, 7) is 1.36. The lowest BCUT2D eigenvalue weighted by molar-refractivity contribution is -0.139.